The van der Waals surface area contributed by atoms with E-state index in [9.17, 15) is 0 Å². The van der Waals surface area contributed by atoms with Crippen molar-refractivity contribution in [3.05, 3.63) is 23.7 Å². The number of likely N-dealkylation sites (tertiary alicyclic amines) is 1. The number of piperidine rings is 1. The quantitative estimate of drug-likeness (QED) is 0.905. The second-order valence-corrected chi connectivity index (χ2v) is 6.53. The van der Waals surface area contributed by atoms with Crippen molar-refractivity contribution >= 4 is 0 Å². The summed E-state index contributed by atoms with van der Waals surface area (Å²) in [6.45, 7) is 12.3. The minimum absolute atomic E-state index is 0.308. The smallest absolute Gasteiger partial charge is 0.117 e. The third-order valence-electron chi connectivity index (χ3n) is 4.07. The number of aryl methyl sites for hydroxylation is 1. The van der Waals surface area contributed by atoms with E-state index in [4.69, 9.17) is 4.42 Å². The third kappa shape index (κ3) is 4.08. The zero-order valence-electron chi connectivity index (χ0n) is 12.8. The van der Waals surface area contributed by atoms with Gasteiger partial charge in [0.2, 0.25) is 0 Å². The van der Waals surface area contributed by atoms with Crippen LogP contribution in [-0.2, 0) is 13.0 Å². The highest BCUT2D eigenvalue weighted by Crippen LogP contribution is 2.20. The van der Waals surface area contributed by atoms with E-state index in [2.05, 4.69) is 50.0 Å². The van der Waals surface area contributed by atoms with E-state index in [0.29, 0.717) is 11.6 Å². The molecule has 3 heteroatoms. The number of hydrogen-bond acceptors (Lipinski definition) is 3. The van der Waals surface area contributed by atoms with Crippen LogP contribution < -0.4 is 5.32 Å². The maximum atomic E-state index is 5.73. The topological polar surface area (TPSA) is 28.4 Å². The van der Waals surface area contributed by atoms with Crippen LogP contribution in [0.1, 0.15) is 52.1 Å². The van der Waals surface area contributed by atoms with Gasteiger partial charge < -0.3 is 9.73 Å². The van der Waals surface area contributed by atoms with Crippen LogP contribution in [0.3, 0.4) is 0 Å². The first-order valence-electron chi connectivity index (χ1n) is 7.55. The summed E-state index contributed by atoms with van der Waals surface area (Å²) in [5.41, 5.74) is 0.308. The van der Waals surface area contributed by atoms with Gasteiger partial charge in [-0.05, 0) is 45.7 Å². The molecule has 0 aliphatic carbocycles. The molecule has 1 N–H and O–H groups in total. The molecule has 0 atom stereocenters. The maximum Gasteiger partial charge on any atom is 0.117 e. The first-order valence-corrected chi connectivity index (χ1v) is 7.55. The largest absolute Gasteiger partial charge is 0.465 e. The number of nitrogens with zero attached hydrogens (tertiary/aromatic N) is 1. The molecule has 0 bridgehead atoms. The molecule has 19 heavy (non-hydrogen) atoms. The minimum Gasteiger partial charge on any atom is -0.465 e. The van der Waals surface area contributed by atoms with Gasteiger partial charge in [0.25, 0.3) is 0 Å². The van der Waals surface area contributed by atoms with Crippen LogP contribution in [0.15, 0.2) is 16.5 Å². The van der Waals surface area contributed by atoms with Crippen LogP contribution in [-0.4, -0.2) is 29.6 Å². The van der Waals surface area contributed by atoms with E-state index in [1.165, 1.54) is 25.9 Å². The summed E-state index contributed by atoms with van der Waals surface area (Å²) in [6, 6.07) is 4.81. The lowest BCUT2D eigenvalue weighted by atomic mass is 9.98. The van der Waals surface area contributed by atoms with Gasteiger partial charge in [-0.15, -0.1) is 0 Å². The lowest BCUT2D eigenvalue weighted by Crippen LogP contribution is -2.49. The summed E-state index contributed by atoms with van der Waals surface area (Å²) in [5.74, 6) is 2.15. The molecule has 3 nitrogen and oxygen atoms in total. The van der Waals surface area contributed by atoms with Gasteiger partial charge in [0, 0.05) is 31.1 Å². The Morgan fingerprint density at radius 1 is 1.21 bits per heavy atom. The molecule has 1 fully saturated rings. The van der Waals surface area contributed by atoms with Gasteiger partial charge in [-0.3, -0.25) is 4.90 Å². The summed E-state index contributed by atoms with van der Waals surface area (Å²) in [5, 5.41) is 3.63. The van der Waals surface area contributed by atoms with Crippen molar-refractivity contribution in [2.45, 2.75) is 65.1 Å². The van der Waals surface area contributed by atoms with Crippen LogP contribution >= 0.6 is 0 Å². The Kier molecular flexibility index (Phi) is 4.69. The van der Waals surface area contributed by atoms with Gasteiger partial charge in [0.1, 0.15) is 11.5 Å². The van der Waals surface area contributed by atoms with E-state index < -0.39 is 0 Å². The van der Waals surface area contributed by atoms with E-state index in [0.717, 1.165) is 24.5 Å². The summed E-state index contributed by atoms with van der Waals surface area (Å²) in [7, 11) is 0. The molecule has 1 aromatic rings. The Morgan fingerprint density at radius 3 is 2.37 bits per heavy atom. The standard InChI is InChI=1S/C16H28N2O/c1-5-14-6-7-15(19-14)12-17-13-8-10-18(11-9-13)16(2,3)4/h6-7,13,17H,5,8-12H2,1-4H3. The summed E-state index contributed by atoms with van der Waals surface area (Å²) >= 11 is 0. The van der Waals surface area contributed by atoms with E-state index in [1.807, 2.05) is 0 Å². The Morgan fingerprint density at radius 2 is 1.84 bits per heavy atom. The average molecular weight is 264 g/mol. The molecule has 1 aliphatic rings. The lowest BCUT2D eigenvalue weighted by molar-refractivity contribution is 0.0956. The van der Waals surface area contributed by atoms with Crippen LogP contribution in [0, 0.1) is 0 Å². The summed E-state index contributed by atoms with van der Waals surface area (Å²) < 4.78 is 5.73. The zero-order valence-corrected chi connectivity index (χ0v) is 12.8. The fraction of sp³-hybridized carbons (Fsp3) is 0.750. The Hall–Kier alpha value is -0.800. The lowest BCUT2D eigenvalue weighted by Gasteiger charge is -2.41. The van der Waals surface area contributed by atoms with Crippen molar-refractivity contribution in [3.8, 4) is 0 Å². The predicted molar refractivity (Wildman–Crippen MR) is 79.3 cm³/mol. The van der Waals surface area contributed by atoms with Crippen molar-refractivity contribution in [2.75, 3.05) is 13.1 Å². The second-order valence-electron chi connectivity index (χ2n) is 6.53. The third-order valence-corrected chi connectivity index (χ3v) is 4.07. The second kappa shape index (κ2) is 6.10. The maximum absolute atomic E-state index is 5.73. The van der Waals surface area contributed by atoms with Crippen LogP contribution in [0.2, 0.25) is 0 Å². The summed E-state index contributed by atoms with van der Waals surface area (Å²) in [6.07, 6.45) is 3.45. The Balaban J connectivity index is 1.74. The van der Waals surface area contributed by atoms with Gasteiger partial charge in [0.15, 0.2) is 0 Å². The molecule has 0 spiro atoms. The summed E-state index contributed by atoms with van der Waals surface area (Å²) in [4.78, 5) is 2.58. The van der Waals surface area contributed by atoms with Crippen LogP contribution in [0.25, 0.3) is 0 Å². The van der Waals surface area contributed by atoms with Crippen LogP contribution in [0.5, 0.6) is 0 Å². The first kappa shape index (κ1) is 14.6. The molecule has 2 heterocycles. The molecule has 0 unspecified atom stereocenters. The normalized spacial score (nSPS) is 18.9. The molecule has 0 radical (unpaired) electrons. The van der Waals surface area contributed by atoms with Crippen molar-refractivity contribution in [2.24, 2.45) is 0 Å². The number of hydrogen-bond donors (Lipinski definition) is 1. The molecule has 2 rings (SSSR count). The molecule has 0 aromatic carbocycles. The molecular weight excluding hydrogens is 236 g/mol. The number of nitrogens with one attached hydrogen (secondary N) is 1. The highest BCUT2D eigenvalue weighted by atomic mass is 16.3. The van der Waals surface area contributed by atoms with Gasteiger partial charge in [-0.1, -0.05) is 6.92 Å². The SMILES string of the molecule is CCc1ccc(CNC2CCN(C(C)(C)C)CC2)o1. The predicted octanol–water partition coefficient (Wildman–Crippen LogP) is 3.19. The number of furan rings is 1. The Labute approximate surface area is 117 Å². The molecule has 1 saturated heterocycles. The van der Waals surface area contributed by atoms with Crippen molar-refractivity contribution in [1.82, 2.24) is 10.2 Å². The monoisotopic (exact) mass is 264 g/mol. The first-order chi connectivity index (χ1) is 8.99. The highest BCUT2D eigenvalue weighted by molar-refractivity contribution is 5.07. The average Bonchev–Trinajstić information content (AvgIpc) is 2.84. The van der Waals surface area contributed by atoms with Crippen molar-refractivity contribution in [1.29, 1.82) is 0 Å². The van der Waals surface area contributed by atoms with Crippen LogP contribution in [0.4, 0.5) is 0 Å². The van der Waals surface area contributed by atoms with Gasteiger partial charge in [-0.25, -0.2) is 0 Å². The van der Waals surface area contributed by atoms with E-state index in [-0.39, 0.29) is 0 Å². The van der Waals surface area contributed by atoms with Crippen molar-refractivity contribution < 1.29 is 4.42 Å². The molecule has 1 aliphatic heterocycles. The zero-order chi connectivity index (χ0) is 13.9. The molecule has 108 valence electrons. The van der Waals surface area contributed by atoms with E-state index in [1.54, 1.807) is 0 Å². The molecular formula is C16H28N2O. The highest BCUT2D eigenvalue weighted by Gasteiger charge is 2.26. The van der Waals surface area contributed by atoms with Crippen molar-refractivity contribution in [3.63, 3.8) is 0 Å². The van der Waals surface area contributed by atoms with Gasteiger partial charge in [-0.2, -0.15) is 0 Å². The molecule has 1 aromatic heterocycles. The van der Waals surface area contributed by atoms with Gasteiger partial charge >= 0.3 is 0 Å². The fourth-order valence-electron chi connectivity index (χ4n) is 2.71. The van der Waals surface area contributed by atoms with E-state index >= 15 is 0 Å². The number of rotatable bonds is 4. The molecule has 0 saturated carbocycles. The van der Waals surface area contributed by atoms with Gasteiger partial charge in [0.05, 0.1) is 6.54 Å². The fourth-order valence-corrected chi connectivity index (χ4v) is 2.71. The molecule has 0 amide bonds. The Bertz CT molecular complexity index is 384. The minimum atomic E-state index is 0.308.